The maximum atomic E-state index is 12.0. The Bertz CT molecular complexity index is 460. The monoisotopic (exact) mass is 382 g/mol. The van der Waals surface area contributed by atoms with Crippen LogP contribution in [-0.4, -0.2) is 39.3 Å². The molecule has 0 spiro atoms. The molecular formula is C22H38O5. The number of carbonyl (C=O) groups is 2. The van der Waals surface area contributed by atoms with Crippen molar-refractivity contribution in [1.29, 1.82) is 0 Å². The van der Waals surface area contributed by atoms with Crippen LogP contribution < -0.4 is 0 Å². The Kier molecular flexibility index (Phi) is 12.3. The molecule has 0 bridgehead atoms. The summed E-state index contributed by atoms with van der Waals surface area (Å²) in [6.45, 7) is 2.17. The van der Waals surface area contributed by atoms with Gasteiger partial charge in [0.2, 0.25) is 0 Å². The molecule has 1 aliphatic rings. The molecule has 0 amide bonds. The van der Waals surface area contributed by atoms with E-state index >= 15 is 0 Å². The number of ketones is 1. The summed E-state index contributed by atoms with van der Waals surface area (Å²) in [5, 5.41) is 29.1. The Morgan fingerprint density at radius 1 is 0.889 bits per heavy atom. The Hall–Kier alpha value is -1.20. The molecule has 0 heterocycles. The second-order valence-corrected chi connectivity index (χ2v) is 7.95. The highest BCUT2D eigenvalue weighted by Crippen LogP contribution is 2.37. The van der Waals surface area contributed by atoms with Crippen molar-refractivity contribution in [2.75, 3.05) is 0 Å². The van der Waals surface area contributed by atoms with Crippen LogP contribution in [0.2, 0.25) is 0 Å². The van der Waals surface area contributed by atoms with E-state index in [2.05, 4.69) is 6.92 Å². The molecular weight excluding hydrogens is 344 g/mol. The molecule has 1 fully saturated rings. The first-order valence-corrected chi connectivity index (χ1v) is 10.7. The Morgan fingerprint density at radius 2 is 1.52 bits per heavy atom. The summed E-state index contributed by atoms with van der Waals surface area (Å²) in [5.41, 5.74) is 0. The van der Waals surface area contributed by atoms with Crippen LogP contribution in [0.1, 0.15) is 90.4 Å². The van der Waals surface area contributed by atoms with Crippen LogP contribution in [0.25, 0.3) is 0 Å². The number of unbranched alkanes of at least 4 members (excludes halogenated alkanes) is 7. The fourth-order valence-electron chi connectivity index (χ4n) is 3.99. The van der Waals surface area contributed by atoms with E-state index in [1.807, 2.05) is 6.08 Å². The van der Waals surface area contributed by atoms with Crippen molar-refractivity contribution >= 4 is 11.8 Å². The van der Waals surface area contributed by atoms with Crippen molar-refractivity contribution in [2.45, 2.75) is 103 Å². The van der Waals surface area contributed by atoms with Crippen LogP contribution in [0, 0.1) is 11.8 Å². The molecule has 1 saturated carbocycles. The molecule has 5 heteroatoms. The van der Waals surface area contributed by atoms with E-state index < -0.39 is 18.2 Å². The molecule has 156 valence electrons. The average molecular weight is 383 g/mol. The maximum Gasteiger partial charge on any atom is 0.303 e. The van der Waals surface area contributed by atoms with Gasteiger partial charge in [0, 0.05) is 25.2 Å². The van der Waals surface area contributed by atoms with Gasteiger partial charge < -0.3 is 15.3 Å². The fourth-order valence-corrected chi connectivity index (χ4v) is 3.99. The second kappa shape index (κ2) is 13.9. The number of aliphatic carboxylic acids is 1. The first kappa shape index (κ1) is 23.8. The predicted molar refractivity (Wildman–Crippen MR) is 106 cm³/mol. The number of carboxylic acid groups (broad SMARTS) is 1. The van der Waals surface area contributed by atoms with E-state index in [9.17, 15) is 19.8 Å². The molecule has 0 aromatic heterocycles. The molecule has 0 aliphatic heterocycles. The van der Waals surface area contributed by atoms with Crippen molar-refractivity contribution in [1.82, 2.24) is 0 Å². The molecule has 4 atom stereocenters. The maximum absolute atomic E-state index is 12.0. The van der Waals surface area contributed by atoms with E-state index in [1.165, 1.54) is 19.3 Å². The molecule has 0 unspecified atom stereocenters. The van der Waals surface area contributed by atoms with Gasteiger partial charge in [0.25, 0.3) is 0 Å². The summed E-state index contributed by atoms with van der Waals surface area (Å²) in [6.07, 6.45) is 13.2. The highest BCUT2D eigenvalue weighted by atomic mass is 16.4. The number of hydrogen-bond acceptors (Lipinski definition) is 4. The van der Waals surface area contributed by atoms with Crippen molar-refractivity contribution in [3.8, 4) is 0 Å². The zero-order chi connectivity index (χ0) is 20.1. The summed E-state index contributed by atoms with van der Waals surface area (Å²) in [4.78, 5) is 22.5. The predicted octanol–water partition coefficient (Wildman–Crippen LogP) is 4.26. The SMILES string of the molecule is CCCCCCCC(=O)C=C[C@@H]1[C@@H](CCCCCCC(=O)O)[C@@H](O)C[C@H]1O. The highest BCUT2D eigenvalue weighted by molar-refractivity contribution is 5.89. The normalized spacial score (nSPS) is 25.3. The number of hydrogen-bond donors (Lipinski definition) is 3. The van der Waals surface area contributed by atoms with Crippen molar-refractivity contribution in [3.05, 3.63) is 12.2 Å². The summed E-state index contributed by atoms with van der Waals surface area (Å²) in [6, 6.07) is 0. The van der Waals surface area contributed by atoms with Crippen LogP contribution in [0.5, 0.6) is 0 Å². The number of carboxylic acids is 1. The van der Waals surface area contributed by atoms with Gasteiger partial charge in [-0.3, -0.25) is 9.59 Å². The number of carbonyl (C=O) groups excluding carboxylic acids is 1. The molecule has 27 heavy (non-hydrogen) atoms. The van der Waals surface area contributed by atoms with Gasteiger partial charge in [0.15, 0.2) is 5.78 Å². The summed E-state index contributed by atoms with van der Waals surface area (Å²) >= 11 is 0. The molecule has 1 rings (SSSR count). The van der Waals surface area contributed by atoms with Crippen LogP contribution in [0.15, 0.2) is 12.2 Å². The van der Waals surface area contributed by atoms with E-state index in [1.54, 1.807) is 6.08 Å². The van der Waals surface area contributed by atoms with Gasteiger partial charge in [-0.25, -0.2) is 0 Å². The van der Waals surface area contributed by atoms with Gasteiger partial charge in [0.1, 0.15) is 0 Å². The second-order valence-electron chi connectivity index (χ2n) is 7.95. The lowest BCUT2D eigenvalue weighted by atomic mass is 9.88. The average Bonchev–Trinajstić information content (AvgIpc) is 2.88. The van der Waals surface area contributed by atoms with Gasteiger partial charge in [-0.05, 0) is 31.3 Å². The Balaban J connectivity index is 2.34. The van der Waals surface area contributed by atoms with E-state index in [0.717, 1.165) is 38.5 Å². The molecule has 3 N–H and O–H groups in total. The third kappa shape index (κ3) is 10.1. The van der Waals surface area contributed by atoms with Gasteiger partial charge in [-0.2, -0.15) is 0 Å². The van der Waals surface area contributed by atoms with Gasteiger partial charge >= 0.3 is 5.97 Å². The van der Waals surface area contributed by atoms with Crippen molar-refractivity contribution in [2.24, 2.45) is 11.8 Å². The van der Waals surface area contributed by atoms with Gasteiger partial charge in [-0.15, -0.1) is 0 Å². The number of rotatable bonds is 15. The van der Waals surface area contributed by atoms with Gasteiger partial charge in [0.05, 0.1) is 12.2 Å². The molecule has 0 aromatic rings. The summed E-state index contributed by atoms with van der Waals surface area (Å²) in [7, 11) is 0. The van der Waals surface area contributed by atoms with Gasteiger partial charge in [-0.1, -0.05) is 57.9 Å². The van der Waals surface area contributed by atoms with Crippen LogP contribution in [0.4, 0.5) is 0 Å². The Labute approximate surface area is 163 Å². The third-order valence-electron chi connectivity index (χ3n) is 5.63. The fraction of sp³-hybridized carbons (Fsp3) is 0.818. The topological polar surface area (TPSA) is 94.8 Å². The standard InChI is InChI=1S/C22H38O5/c1-2-3-4-5-8-11-17(23)14-15-19-18(20(24)16-21(19)25)12-9-6-7-10-13-22(26)27/h14-15,18-21,24-25H,2-13,16H2,1H3,(H,26,27)/t18-,19-,20+,21-/m1/s1. The van der Waals surface area contributed by atoms with Crippen LogP contribution >= 0.6 is 0 Å². The van der Waals surface area contributed by atoms with E-state index in [4.69, 9.17) is 5.11 Å². The Morgan fingerprint density at radius 3 is 2.19 bits per heavy atom. The number of allylic oxidation sites excluding steroid dienone is 1. The number of aliphatic hydroxyl groups is 2. The minimum atomic E-state index is -0.760. The van der Waals surface area contributed by atoms with E-state index in [0.29, 0.717) is 19.3 Å². The smallest absolute Gasteiger partial charge is 0.303 e. The molecule has 5 nitrogen and oxygen atoms in total. The summed E-state index contributed by atoms with van der Waals surface area (Å²) < 4.78 is 0. The van der Waals surface area contributed by atoms with Crippen molar-refractivity contribution < 1.29 is 24.9 Å². The minimum absolute atomic E-state index is 0.0203. The minimum Gasteiger partial charge on any atom is -0.481 e. The van der Waals surface area contributed by atoms with Crippen LogP contribution in [0.3, 0.4) is 0 Å². The highest BCUT2D eigenvalue weighted by Gasteiger charge is 2.39. The largest absolute Gasteiger partial charge is 0.481 e. The number of aliphatic hydroxyl groups excluding tert-OH is 2. The lowest BCUT2D eigenvalue weighted by Gasteiger charge is -2.20. The van der Waals surface area contributed by atoms with Crippen molar-refractivity contribution in [3.63, 3.8) is 0 Å². The first-order valence-electron chi connectivity index (χ1n) is 10.7. The lowest BCUT2D eigenvalue weighted by Crippen LogP contribution is -2.20. The molecule has 0 saturated heterocycles. The quantitative estimate of drug-likeness (QED) is 0.291. The third-order valence-corrected chi connectivity index (χ3v) is 5.63. The zero-order valence-corrected chi connectivity index (χ0v) is 16.8. The summed E-state index contributed by atoms with van der Waals surface area (Å²) in [5.74, 6) is -0.840. The van der Waals surface area contributed by atoms with E-state index in [-0.39, 0.29) is 24.0 Å². The lowest BCUT2D eigenvalue weighted by molar-refractivity contribution is -0.137. The molecule has 0 aromatic carbocycles. The van der Waals surface area contributed by atoms with Crippen LogP contribution in [-0.2, 0) is 9.59 Å². The zero-order valence-electron chi connectivity index (χ0n) is 16.8. The molecule has 0 radical (unpaired) electrons. The molecule has 1 aliphatic carbocycles. The first-order chi connectivity index (χ1) is 13.0.